The van der Waals surface area contributed by atoms with Gasteiger partial charge in [-0.25, -0.2) is 4.98 Å². The molecule has 0 bridgehead atoms. The lowest BCUT2D eigenvalue weighted by Crippen LogP contribution is -2.29. The first-order chi connectivity index (χ1) is 8.24. The molecular weight excluding hydrogens is 212 g/mol. The molecule has 1 atom stereocenters. The predicted molar refractivity (Wildman–Crippen MR) is 67.5 cm³/mol. The van der Waals surface area contributed by atoms with Crippen LogP contribution in [0.1, 0.15) is 18.3 Å². The Kier molecular flexibility index (Phi) is 3.88. The third-order valence-electron chi connectivity index (χ3n) is 2.62. The SMILES string of the molecule is Cc1cccc(CNC(C)Cn2ccnc2)n1. The van der Waals surface area contributed by atoms with Gasteiger partial charge in [-0.2, -0.15) is 0 Å². The maximum atomic E-state index is 4.46. The second-order valence-electron chi connectivity index (χ2n) is 4.31. The number of rotatable bonds is 5. The zero-order valence-electron chi connectivity index (χ0n) is 10.3. The van der Waals surface area contributed by atoms with Crippen molar-refractivity contribution in [3.63, 3.8) is 0 Å². The summed E-state index contributed by atoms with van der Waals surface area (Å²) >= 11 is 0. The van der Waals surface area contributed by atoms with Gasteiger partial charge in [-0.1, -0.05) is 6.07 Å². The first kappa shape index (κ1) is 11.8. The van der Waals surface area contributed by atoms with Gasteiger partial charge in [0.15, 0.2) is 0 Å². The molecule has 2 heterocycles. The number of pyridine rings is 1. The Bertz CT molecular complexity index is 450. The first-order valence-corrected chi connectivity index (χ1v) is 5.85. The Morgan fingerprint density at radius 1 is 1.41 bits per heavy atom. The normalized spacial score (nSPS) is 12.6. The van der Waals surface area contributed by atoms with Gasteiger partial charge < -0.3 is 9.88 Å². The summed E-state index contributed by atoms with van der Waals surface area (Å²) in [4.78, 5) is 8.49. The van der Waals surface area contributed by atoms with Crippen LogP contribution >= 0.6 is 0 Å². The van der Waals surface area contributed by atoms with Crippen molar-refractivity contribution in [3.8, 4) is 0 Å². The molecule has 0 aliphatic heterocycles. The maximum Gasteiger partial charge on any atom is 0.0946 e. The molecule has 2 aromatic rings. The molecule has 2 rings (SSSR count). The summed E-state index contributed by atoms with van der Waals surface area (Å²) in [5.74, 6) is 0. The molecule has 0 radical (unpaired) electrons. The van der Waals surface area contributed by atoms with Gasteiger partial charge in [-0.3, -0.25) is 4.98 Å². The minimum absolute atomic E-state index is 0.395. The molecule has 1 N–H and O–H groups in total. The molecule has 0 aliphatic carbocycles. The highest BCUT2D eigenvalue weighted by Crippen LogP contribution is 1.99. The van der Waals surface area contributed by atoms with Crippen LogP contribution < -0.4 is 5.32 Å². The molecule has 2 aromatic heterocycles. The van der Waals surface area contributed by atoms with E-state index >= 15 is 0 Å². The summed E-state index contributed by atoms with van der Waals surface area (Å²) < 4.78 is 2.07. The Balaban J connectivity index is 1.82. The summed E-state index contributed by atoms with van der Waals surface area (Å²) in [5.41, 5.74) is 2.15. The van der Waals surface area contributed by atoms with E-state index in [0.717, 1.165) is 24.5 Å². The summed E-state index contributed by atoms with van der Waals surface area (Å²) in [7, 11) is 0. The lowest BCUT2D eigenvalue weighted by molar-refractivity contribution is 0.473. The van der Waals surface area contributed by atoms with Gasteiger partial charge in [-0.15, -0.1) is 0 Å². The number of aromatic nitrogens is 3. The summed E-state index contributed by atoms with van der Waals surface area (Å²) in [6.45, 7) is 5.90. The summed E-state index contributed by atoms with van der Waals surface area (Å²) in [6.07, 6.45) is 5.61. The van der Waals surface area contributed by atoms with E-state index in [1.807, 2.05) is 37.6 Å². The minimum Gasteiger partial charge on any atom is -0.336 e. The molecule has 0 aliphatic rings. The van der Waals surface area contributed by atoms with Crippen LogP contribution in [0.5, 0.6) is 0 Å². The fraction of sp³-hybridized carbons (Fsp3) is 0.385. The van der Waals surface area contributed by atoms with E-state index < -0.39 is 0 Å². The van der Waals surface area contributed by atoms with Gasteiger partial charge in [0.25, 0.3) is 0 Å². The zero-order valence-corrected chi connectivity index (χ0v) is 10.3. The Morgan fingerprint density at radius 2 is 2.29 bits per heavy atom. The fourth-order valence-corrected chi connectivity index (χ4v) is 1.75. The topological polar surface area (TPSA) is 42.7 Å². The molecule has 0 saturated carbocycles. The van der Waals surface area contributed by atoms with Gasteiger partial charge in [-0.05, 0) is 26.0 Å². The van der Waals surface area contributed by atoms with Crippen LogP contribution in [0, 0.1) is 6.92 Å². The molecule has 0 spiro atoms. The Labute approximate surface area is 102 Å². The van der Waals surface area contributed by atoms with Crippen molar-refractivity contribution in [2.24, 2.45) is 0 Å². The van der Waals surface area contributed by atoms with E-state index in [1.165, 1.54) is 0 Å². The lowest BCUT2D eigenvalue weighted by atomic mass is 10.3. The van der Waals surface area contributed by atoms with Crippen molar-refractivity contribution in [3.05, 3.63) is 48.3 Å². The molecule has 0 aromatic carbocycles. The average Bonchev–Trinajstić information content (AvgIpc) is 2.79. The quantitative estimate of drug-likeness (QED) is 0.851. The van der Waals surface area contributed by atoms with E-state index in [-0.39, 0.29) is 0 Å². The molecule has 1 unspecified atom stereocenters. The Morgan fingerprint density at radius 3 is 3.00 bits per heavy atom. The van der Waals surface area contributed by atoms with Crippen LogP contribution in [0.4, 0.5) is 0 Å². The number of aryl methyl sites for hydroxylation is 1. The van der Waals surface area contributed by atoms with Crippen molar-refractivity contribution in [1.82, 2.24) is 19.9 Å². The van der Waals surface area contributed by atoms with E-state index in [4.69, 9.17) is 0 Å². The van der Waals surface area contributed by atoms with Crippen molar-refractivity contribution >= 4 is 0 Å². The monoisotopic (exact) mass is 230 g/mol. The van der Waals surface area contributed by atoms with E-state index in [0.29, 0.717) is 6.04 Å². The maximum absolute atomic E-state index is 4.46. The van der Waals surface area contributed by atoms with Crippen LogP contribution in [-0.4, -0.2) is 20.6 Å². The molecule has 0 saturated heterocycles. The lowest BCUT2D eigenvalue weighted by Gasteiger charge is -2.14. The summed E-state index contributed by atoms with van der Waals surface area (Å²) in [6, 6.07) is 6.49. The number of imidazole rings is 1. The van der Waals surface area contributed by atoms with Crippen LogP contribution in [0.15, 0.2) is 36.9 Å². The number of hydrogen-bond acceptors (Lipinski definition) is 3. The molecule has 4 nitrogen and oxygen atoms in total. The van der Waals surface area contributed by atoms with Crippen LogP contribution in [0.3, 0.4) is 0 Å². The van der Waals surface area contributed by atoms with Gasteiger partial charge in [0.05, 0.1) is 12.0 Å². The predicted octanol–water partition coefficient (Wildman–Crippen LogP) is 1.76. The van der Waals surface area contributed by atoms with E-state index in [9.17, 15) is 0 Å². The van der Waals surface area contributed by atoms with Gasteiger partial charge in [0, 0.05) is 37.2 Å². The van der Waals surface area contributed by atoms with Crippen molar-refractivity contribution in [2.45, 2.75) is 33.0 Å². The van der Waals surface area contributed by atoms with E-state index in [2.05, 4.69) is 26.8 Å². The van der Waals surface area contributed by atoms with Crippen molar-refractivity contribution in [2.75, 3.05) is 0 Å². The molecular formula is C13H18N4. The molecule has 0 amide bonds. The second kappa shape index (κ2) is 5.59. The van der Waals surface area contributed by atoms with Crippen LogP contribution in [0.2, 0.25) is 0 Å². The zero-order chi connectivity index (χ0) is 12.1. The first-order valence-electron chi connectivity index (χ1n) is 5.85. The highest BCUT2D eigenvalue weighted by atomic mass is 15.1. The summed E-state index contributed by atoms with van der Waals surface area (Å²) in [5, 5.41) is 3.45. The van der Waals surface area contributed by atoms with Crippen LogP contribution in [-0.2, 0) is 13.1 Å². The van der Waals surface area contributed by atoms with Gasteiger partial charge in [0.2, 0.25) is 0 Å². The standard InChI is InChI=1S/C13H18N4/c1-11-4-3-5-13(16-11)8-15-12(2)9-17-7-6-14-10-17/h3-7,10,12,15H,8-9H2,1-2H3. The van der Waals surface area contributed by atoms with E-state index in [1.54, 1.807) is 6.20 Å². The smallest absolute Gasteiger partial charge is 0.0946 e. The highest BCUT2D eigenvalue weighted by Gasteiger charge is 2.02. The third kappa shape index (κ3) is 3.67. The molecule has 17 heavy (non-hydrogen) atoms. The largest absolute Gasteiger partial charge is 0.336 e. The highest BCUT2D eigenvalue weighted by molar-refractivity contribution is 5.09. The number of nitrogens with zero attached hydrogens (tertiary/aromatic N) is 3. The van der Waals surface area contributed by atoms with Crippen LogP contribution in [0.25, 0.3) is 0 Å². The van der Waals surface area contributed by atoms with Crippen molar-refractivity contribution in [1.29, 1.82) is 0 Å². The average molecular weight is 230 g/mol. The van der Waals surface area contributed by atoms with Gasteiger partial charge in [0.1, 0.15) is 0 Å². The number of nitrogens with one attached hydrogen (secondary N) is 1. The minimum atomic E-state index is 0.395. The fourth-order valence-electron chi connectivity index (χ4n) is 1.75. The Hall–Kier alpha value is -1.68. The second-order valence-corrected chi connectivity index (χ2v) is 4.31. The van der Waals surface area contributed by atoms with Gasteiger partial charge >= 0.3 is 0 Å². The van der Waals surface area contributed by atoms with Crippen molar-refractivity contribution < 1.29 is 0 Å². The molecule has 0 fully saturated rings. The molecule has 90 valence electrons. The number of hydrogen-bond donors (Lipinski definition) is 1. The third-order valence-corrected chi connectivity index (χ3v) is 2.62. The molecule has 4 heteroatoms.